The second kappa shape index (κ2) is 10.2. The Labute approximate surface area is 176 Å². The molecule has 0 saturated carbocycles. The van der Waals surface area contributed by atoms with Gasteiger partial charge in [0.15, 0.2) is 0 Å². The summed E-state index contributed by atoms with van der Waals surface area (Å²) in [5, 5.41) is 6.01. The lowest BCUT2D eigenvalue weighted by atomic mass is 10.0. The summed E-state index contributed by atoms with van der Waals surface area (Å²) in [5.74, 6) is -0.595. The molecule has 1 aliphatic heterocycles. The SMILES string of the molecule is CCCCNCc1ccc(-c2ccc(N3C[C@H](CNC(C)=O)OC3=O)cc2F)cc1. The Bertz CT molecular complexity index is 886. The lowest BCUT2D eigenvalue weighted by Crippen LogP contribution is -2.33. The van der Waals surface area contributed by atoms with Crippen molar-refractivity contribution in [2.45, 2.75) is 39.3 Å². The summed E-state index contributed by atoms with van der Waals surface area (Å²) in [5.41, 5.74) is 2.84. The molecule has 1 heterocycles. The van der Waals surface area contributed by atoms with E-state index in [2.05, 4.69) is 17.6 Å². The van der Waals surface area contributed by atoms with Crippen molar-refractivity contribution in [2.75, 3.05) is 24.5 Å². The predicted molar refractivity (Wildman–Crippen MR) is 115 cm³/mol. The molecule has 160 valence electrons. The van der Waals surface area contributed by atoms with Crippen LogP contribution >= 0.6 is 0 Å². The summed E-state index contributed by atoms with van der Waals surface area (Å²) in [6.07, 6.45) is 1.31. The molecule has 0 aliphatic carbocycles. The van der Waals surface area contributed by atoms with Gasteiger partial charge in [0.25, 0.3) is 0 Å². The first-order valence-corrected chi connectivity index (χ1v) is 10.3. The van der Waals surface area contributed by atoms with Crippen LogP contribution in [0.25, 0.3) is 11.1 Å². The molecule has 0 aromatic heterocycles. The highest BCUT2D eigenvalue weighted by molar-refractivity contribution is 5.90. The highest BCUT2D eigenvalue weighted by atomic mass is 19.1. The normalized spacial score (nSPS) is 15.9. The maximum atomic E-state index is 14.8. The summed E-state index contributed by atoms with van der Waals surface area (Å²) < 4.78 is 20.0. The molecule has 0 radical (unpaired) electrons. The molecule has 0 unspecified atom stereocenters. The minimum absolute atomic E-state index is 0.192. The van der Waals surface area contributed by atoms with Gasteiger partial charge in [-0.2, -0.15) is 0 Å². The summed E-state index contributed by atoms with van der Waals surface area (Å²) >= 11 is 0. The molecule has 3 rings (SSSR count). The van der Waals surface area contributed by atoms with Crippen LogP contribution in [0.2, 0.25) is 0 Å². The number of halogens is 1. The van der Waals surface area contributed by atoms with Crippen LogP contribution in [-0.4, -0.2) is 37.7 Å². The molecule has 6 nitrogen and oxygen atoms in total. The van der Waals surface area contributed by atoms with Crippen LogP contribution in [0.5, 0.6) is 0 Å². The van der Waals surface area contributed by atoms with E-state index in [1.165, 1.54) is 17.9 Å². The number of nitrogens with one attached hydrogen (secondary N) is 2. The number of nitrogens with zero attached hydrogens (tertiary/aromatic N) is 1. The Morgan fingerprint density at radius 1 is 1.23 bits per heavy atom. The number of cyclic esters (lactones) is 1. The maximum Gasteiger partial charge on any atom is 0.414 e. The van der Waals surface area contributed by atoms with Gasteiger partial charge in [-0.05, 0) is 42.3 Å². The number of ether oxygens (including phenoxy) is 1. The van der Waals surface area contributed by atoms with Crippen molar-refractivity contribution in [3.63, 3.8) is 0 Å². The first kappa shape index (κ1) is 21.8. The van der Waals surface area contributed by atoms with Crippen LogP contribution < -0.4 is 15.5 Å². The van der Waals surface area contributed by atoms with Crippen molar-refractivity contribution in [1.82, 2.24) is 10.6 Å². The minimum atomic E-state index is -0.544. The topological polar surface area (TPSA) is 70.7 Å². The lowest BCUT2D eigenvalue weighted by molar-refractivity contribution is -0.119. The summed E-state index contributed by atoms with van der Waals surface area (Å²) in [7, 11) is 0. The molecule has 1 atom stereocenters. The van der Waals surface area contributed by atoms with Gasteiger partial charge in [0.1, 0.15) is 11.9 Å². The minimum Gasteiger partial charge on any atom is -0.442 e. The zero-order valence-electron chi connectivity index (χ0n) is 17.4. The zero-order valence-corrected chi connectivity index (χ0v) is 17.4. The summed E-state index contributed by atoms with van der Waals surface area (Å²) in [4.78, 5) is 24.5. The van der Waals surface area contributed by atoms with E-state index in [0.717, 1.165) is 37.1 Å². The Morgan fingerprint density at radius 2 is 2.00 bits per heavy atom. The number of anilines is 1. The van der Waals surface area contributed by atoms with Crippen LogP contribution in [0.1, 0.15) is 32.3 Å². The first-order chi connectivity index (χ1) is 14.5. The van der Waals surface area contributed by atoms with Gasteiger partial charge in [-0.1, -0.05) is 37.6 Å². The second-order valence-electron chi connectivity index (χ2n) is 7.44. The standard InChI is InChI=1S/C23H28FN3O3/c1-3-4-11-25-13-17-5-7-18(8-6-17)21-10-9-19(12-22(21)24)27-15-20(30-23(27)29)14-26-16(2)28/h5-10,12,20,25H,3-4,11,13-15H2,1-2H3,(H,26,28)/t20-/m0/s1. The van der Waals surface area contributed by atoms with E-state index in [1.807, 2.05) is 24.3 Å². The third-order valence-electron chi connectivity index (χ3n) is 5.02. The van der Waals surface area contributed by atoms with Gasteiger partial charge in [-0.15, -0.1) is 0 Å². The molecule has 2 aromatic carbocycles. The van der Waals surface area contributed by atoms with E-state index in [0.29, 0.717) is 11.3 Å². The zero-order chi connectivity index (χ0) is 21.5. The summed E-state index contributed by atoms with van der Waals surface area (Å²) in [6, 6.07) is 12.5. The second-order valence-corrected chi connectivity index (χ2v) is 7.44. The van der Waals surface area contributed by atoms with Crippen molar-refractivity contribution in [2.24, 2.45) is 0 Å². The van der Waals surface area contributed by atoms with Gasteiger partial charge in [-0.3, -0.25) is 9.69 Å². The number of amides is 2. The average Bonchev–Trinajstić information content (AvgIpc) is 3.11. The molecule has 2 N–H and O–H groups in total. The van der Waals surface area contributed by atoms with Crippen LogP contribution in [-0.2, 0) is 16.1 Å². The van der Waals surface area contributed by atoms with Crippen molar-refractivity contribution >= 4 is 17.7 Å². The van der Waals surface area contributed by atoms with Crippen molar-refractivity contribution in [3.8, 4) is 11.1 Å². The predicted octanol–water partition coefficient (Wildman–Crippen LogP) is 3.84. The molecule has 2 amide bonds. The van der Waals surface area contributed by atoms with Crippen LogP contribution in [0.3, 0.4) is 0 Å². The van der Waals surface area contributed by atoms with Gasteiger partial charge >= 0.3 is 6.09 Å². The van der Waals surface area contributed by atoms with Crippen molar-refractivity contribution in [3.05, 3.63) is 53.8 Å². The molecule has 0 bridgehead atoms. The Morgan fingerprint density at radius 3 is 2.67 bits per heavy atom. The van der Waals surface area contributed by atoms with Gasteiger partial charge < -0.3 is 15.4 Å². The maximum absolute atomic E-state index is 14.8. The van der Waals surface area contributed by atoms with Crippen molar-refractivity contribution < 1.29 is 18.7 Å². The number of carbonyl (C=O) groups excluding carboxylic acids is 2. The molecule has 0 spiro atoms. The van der Waals surface area contributed by atoms with Gasteiger partial charge in [0.05, 0.1) is 18.8 Å². The lowest BCUT2D eigenvalue weighted by Gasteiger charge is -2.15. The number of benzene rings is 2. The van der Waals surface area contributed by atoms with Crippen LogP contribution in [0.4, 0.5) is 14.9 Å². The molecule has 2 aromatic rings. The van der Waals surface area contributed by atoms with Crippen molar-refractivity contribution in [1.29, 1.82) is 0 Å². The van der Waals surface area contributed by atoms with Gasteiger partial charge in [0.2, 0.25) is 5.91 Å². The van der Waals surface area contributed by atoms with E-state index in [9.17, 15) is 14.0 Å². The Kier molecular flexibility index (Phi) is 7.41. The summed E-state index contributed by atoms with van der Waals surface area (Å²) in [6.45, 7) is 5.83. The van der Waals surface area contributed by atoms with Crippen LogP contribution in [0, 0.1) is 5.82 Å². The van der Waals surface area contributed by atoms with Gasteiger partial charge in [-0.25, -0.2) is 9.18 Å². The third-order valence-corrected chi connectivity index (χ3v) is 5.02. The Balaban J connectivity index is 1.65. The smallest absolute Gasteiger partial charge is 0.414 e. The van der Waals surface area contributed by atoms with E-state index in [1.54, 1.807) is 12.1 Å². The number of unbranched alkanes of at least 4 members (excludes halogenated alkanes) is 1. The fraction of sp³-hybridized carbons (Fsp3) is 0.391. The molecular formula is C23H28FN3O3. The highest BCUT2D eigenvalue weighted by Gasteiger charge is 2.32. The molecular weight excluding hydrogens is 385 g/mol. The fourth-order valence-electron chi connectivity index (χ4n) is 3.34. The molecule has 1 saturated heterocycles. The Hall–Kier alpha value is -2.93. The van der Waals surface area contributed by atoms with E-state index < -0.39 is 18.0 Å². The first-order valence-electron chi connectivity index (χ1n) is 10.3. The number of hydrogen-bond donors (Lipinski definition) is 2. The monoisotopic (exact) mass is 413 g/mol. The van der Waals surface area contributed by atoms with Gasteiger partial charge in [0, 0.05) is 19.0 Å². The molecule has 1 aliphatic rings. The fourth-order valence-corrected chi connectivity index (χ4v) is 3.34. The third kappa shape index (κ3) is 5.57. The van der Waals surface area contributed by atoms with Crippen LogP contribution in [0.15, 0.2) is 42.5 Å². The van der Waals surface area contributed by atoms with E-state index in [-0.39, 0.29) is 19.0 Å². The number of carbonyl (C=O) groups is 2. The molecule has 7 heteroatoms. The largest absolute Gasteiger partial charge is 0.442 e. The molecule has 1 fully saturated rings. The van der Waals surface area contributed by atoms with E-state index in [4.69, 9.17) is 4.74 Å². The number of hydrogen-bond acceptors (Lipinski definition) is 4. The average molecular weight is 413 g/mol. The quantitative estimate of drug-likeness (QED) is 0.613. The molecule has 30 heavy (non-hydrogen) atoms. The number of rotatable bonds is 9. The van der Waals surface area contributed by atoms with E-state index >= 15 is 0 Å². The highest BCUT2D eigenvalue weighted by Crippen LogP contribution is 2.29.